The Bertz CT molecular complexity index is 372. The van der Waals surface area contributed by atoms with E-state index in [1.807, 2.05) is 11.3 Å². The maximum absolute atomic E-state index is 4.92. The van der Waals surface area contributed by atoms with E-state index in [4.69, 9.17) is 4.98 Å². The van der Waals surface area contributed by atoms with Crippen molar-refractivity contribution < 1.29 is 0 Å². The maximum Gasteiger partial charge on any atom is 0.114 e. The number of rotatable bonds is 6. The lowest BCUT2D eigenvalue weighted by Crippen LogP contribution is -2.50. The summed E-state index contributed by atoms with van der Waals surface area (Å²) < 4.78 is 0. The number of thiazole rings is 1. The lowest BCUT2D eigenvalue weighted by Gasteiger charge is -2.40. The van der Waals surface area contributed by atoms with Gasteiger partial charge in [0.1, 0.15) is 5.01 Å². The molecule has 0 aliphatic rings. The average molecular weight is 268 g/mol. The molecule has 0 unspecified atom stereocenters. The maximum atomic E-state index is 4.92. The second-order valence-corrected chi connectivity index (χ2v) is 6.79. The van der Waals surface area contributed by atoms with Crippen LogP contribution in [0.1, 0.15) is 57.1 Å². The van der Waals surface area contributed by atoms with Crippen molar-refractivity contribution in [2.45, 2.75) is 60.4 Å². The molecule has 1 N–H and O–H groups in total. The normalized spacial score (nSPS) is 12.7. The summed E-state index contributed by atoms with van der Waals surface area (Å²) in [6, 6.07) is 0. The summed E-state index contributed by atoms with van der Waals surface area (Å²) in [7, 11) is 0. The van der Waals surface area contributed by atoms with Crippen LogP contribution in [0, 0.1) is 18.8 Å². The Morgan fingerprint density at radius 1 is 1.17 bits per heavy atom. The number of hydrogen-bond acceptors (Lipinski definition) is 3. The molecule has 0 radical (unpaired) electrons. The lowest BCUT2D eigenvalue weighted by molar-refractivity contribution is 0.166. The second kappa shape index (κ2) is 6.16. The van der Waals surface area contributed by atoms with E-state index in [2.05, 4.69) is 53.8 Å². The van der Waals surface area contributed by atoms with Crippen molar-refractivity contribution in [3.05, 3.63) is 15.6 Å². The van der Waals surface area contributed by atoms with Gasteiger partial charge in [-0.2, -0.15) is 0 Å². The molecule has 1 rings (SSSR count). The molecule has 1 aromatic rings. The molecule has 0 aromatic carbocycles. The third-order valence-electron chi connectivity index (χ3n) is 3.87. The molecule has 104 valence electrons. The van der Waals surface area contributed by atoms with Crippen LogP contribution in [-0.2, 0) is 12.0 Å². The number of nitrogens with zero attached hydrogens (tertiary/aromatic N) is 1. The van der Waals surface area contributed by atoms with E-state index in [9.17, 15) is 0 Å². The summed E-state index contributed by atoms with van der Waals surface area (Å²) in [6.45, 7) is 16.7. The van der Waals surface area contributed by atoms with Crippen LogP contribution in [0.3, 0.4) is 0 Å². The summed E-state index contributed by atoms with van der Waals surface area (Å²) in [4.78, 5) is 6.29. The first-order valence-electron chi connectivity index (χ1n) is 7.11. The molecule has 0 fully saturated rings. The van der Waals surface area contributed by atoms with Gasteiger partial charge >= 0.3 is 0 Å². The third-order valence-corrected chi connectivity index (χ3v) is 5.04. The topological polar surface area (TPSA) is 24.9 Å². The van der Waals surface area contributed by atoms with Gasteiger partial charge in [0.05, 0.1) is 11.2 Å². The van der Waals surface area contributed by atoms with E-state index in [-0.39, 0.29) is 5.54 Å². The molecule has 0 atom stereocenters. The molecule has 1 aromatic heterocycles. The van der Waals surface area contributed by atoms with E-state index in [1.54, 1.807) is 0 Å². The Kier molecular flexibility index (Phi) is 5.35. The molecule has 0 saturated carbocycles. The molecule has 0 spiro atoms. The van der Waals surface area contributed by atoms with Crippen LogP contribution in [-0.4, -0.2) is 11.5 Å². The van der Waals surface area contributed by atoms with Crippen molar-refractivity contribution in [3.8, 4) is 0 Å². The third kappa shape index (κ3) is 2.62. The molecule has 0 aliphatic carbocycles. The molecule has 0 amide bonds. The summed E-state index contributed by atoms with van der Waals surface area (Å²) in [6.07, 6.45) is 1.03. The summed E-state index contributed by atoms with van der Waals surface area (Å²) in [5.41, 5.74) is 1.27. The quantitative estimate of drug-likeness (QED) is 0.839. The van der Waals surface area contributed by atoms with E-state index >= 15 is 0 Å². The zero-order valence-electron chi connectivity index (χ0n) is 12.9. The highest BCUT2D eigenvalue weighted by Crippen LogP contribution is 2.39. The standard InChI is InChI=1S/C15H28N2S/c1-8-13-12(7)18-14(17-13)15(10(3)4,11(5)6)16-9-2/h10-11,16H,8-9H2,1-7H3. The molecule has 3 heteroatoms. The van der Waals surface area contributed by atoms with Crippen molar-refractivity contribution in [1.82, 2.24) is 10.3 Å². The van der Waals surface area contributed by atoms with Crippen molar-refractivity contribution in [1.29, 1.82) is 0 Å². The lowest BCUT2D eigenvalue weighted by atomic mass is 9.77. The first-order chi connectivity index (χ1) is 8.40. The number of aromatic nitrogens is 1. The fourth-order valence-electron chi connectivity index (χ4n) is 2.87. The smallest absolute Gasteiger partial charge is 0.114 e. The van der Waals surface area contributed by atoms with Gasteiger partial charge in [-0.15, -0.1) is 11.3 Å². The summed E-state index contributed by atoms with van der Waals surface area (Å²) in [5, 5.41) is 4.99. The van der Waals surface area contributed by atoms with Crippen LogP contribution >= 0.6 is 11.3 Å². The number of nitrogens with one attached hydrogen (secondary N) is 1. The molecule has 1 heterocycles. The average Bonchev–Trinajstić information content (AvgIpc) is 2.66. The van der Waals surface area contributed by atoms with Crippen molar-refractivity contribution >= 4 is 11.3 Å². The number of aryl methyl sites for hydroxylation is 2. The molecular weight excluding hydrogens is 240 g/mol. The van der Waals surface area contributed by atoms with Crippen LogP contribution in [0.25, 0.3) is 0 Å². The second-order valence-electron chi connectivity index (χ2n) is 5.58. The van der Waals surface area contributed by atoms with Gasteiger partial charge < -0.3 is 5.32 Å². The van der Waals surface area contributed by atoms with Gasteiger partial charge in [0, 0.05) is 4.88 Å². The van der Waals surface area contributed by atoms with Crippen molar-refractivity contribution in [3.63, 3.8) is 0 Å². The minimum Gasteiger partial charge on any atom is -0.305 e. The van der Waals surface area contributed by atoms with Gasteiger partial charge in [-0.1, -0.05) is 41.5 Å². The SMILES string of the molecule is CCNC(c1nc(CC)c(C)s1)(C(C)C)C(C)C. The first kappa shape index (κ1) is 15.6. The van der Waals surface area contributed by atoms with Gasteiger partial charge in [-0.05, 0) is 31.7 Å². The highest BCUT2D eigenvalue weighted by molar-refractivity contribution is 7.11. The zero-order valence-corrected chi connectivity index (χ0v) is 13.7. The minimum absolute atomic E-state index is 0.0115. The van der Waals surface area contributed by atoms with Gasteiger partial charge in [-0.3, -0.25) is 0 Å². The molecular formula is C15H28N2S. The Labute approximate surface area is 116 Å². The molecule has 0 aliphatic heterocycles. The van der Waals surface area contributed by atoms with Crippen LogP contribution in [0.4, 0.5) is 0 Å². The predicted molar refractivity (Wildman–Crippen MR) is 81.3 cm³/mol. The summed E-state index contributed by atoms with van der Waals surface area (Å²) >= 11 is 1.87. The van der Waals surface area contributed by atoms with Gasteiger partial charge in [0.2, 0.25) is 0 Å². The van der Waals surface area contributed by atoms with Crippen LogP contribution < -0.4 is 5.32 Å². The van der Waals surface area contributed by atoms with Gasteiger partial charge in [0.25, 0.3) is 0 Å². The number of hydrogen-bond donors (Lipinski definition) is 1. The van der Waals surface area contributed by atoms with Crippen LogP contribution in [0.15, 0.2) is 0 Å². The highest BCUT2D eigenvalue weighted by Gasteiger charge is 2.41. The monoisotopic (exact) mass is 268 g/mol. The van der Waals surface area contributed by atoms with Gasteiger partial charge in [0.15, 0.2) is 0 Å². The fourth-order valence-corrected chi connectivity index (χ4v) is 4.34. The Balaban J connectivity index is 3.31. The van der Waals surface area contributed by atoms with E-state index in [0.29, 0.717) is 11.8 Å². The summed E-state index contributed by atoms with van der Waals surface area (Å²) in [5.74, 6) is 1.07. The van der Waals surface area contributed by atoms with E-state index in [0.717, 1.165) is 13.0 Å². The molecule has 0 saturated heterocycles. The van der Waals surface area contributed by atoms with Gasteiger partial charge in [-0.25, -0.2) is 4.98 Å². The molecule has 18 heavy (non-hydrogen) atoms. The van der Waals surface area contributed by atoms with Crippen molar-refractivity contribution in [2.75, 3.05) is 6.54 Å². The fraction of sp³-hybridized carbons (Fsp3) is 0.800. The Hall–Kier alpha value is -0.410. The molecule has 0 bridgehead atoms. The Morgan fingerprint density at radius 3 is 2.06 bits per heavy atom. The highest BCUT2D eigenvalue weighted by atomic mass is 32.1. The first-order valence-corrected chi connectivity index (χ1v) is 7.93. The van der Waals surface area contributed by atoms with E-state index < -0.39 is 0 Å². The largest absolute Gasteiger partial charge is 0.305 e. The minimum atomic E-state index is 0.0115. The van der Waals surface area contributed by atoms with E-state index in [1.165, 1.54) is 15.6 Å². The zero-order chi connectivity index (χ0) is 13.9. The van der Waals surface area contributed by atoms with Crippen LogP contribution in [0.5, 0.6) is 0 Å². The Morgan fingerprint density at radius 2 is 1.72 bits per heavy atom. The van der Waals surface area contributed by atoms with Crippen molar-refractivity contribution in [2.24, 2.45) is 11.8 Å². The predicted octanol–water partition coefficient (Wildman–Crippen LogP) is 4.13. The van der Waals surface area contributed by atoms with Crippen LogP contribution in [0.2, 0.25) is 0 Å². The molecule has 2 nitrogen and oxygen atoms in total.